The number of hydrogen-bond acceptors (Lipinski definition) is 2. The number of hydrogen-bond donors (Lipinski definition) is 1. The fourth-order valence-corrected chi connectivity index (χ4v) is 2.99. The van der Waals surface area contributed by atoms with Gasteiger partial charge in [0.15, 0.2) is 0 Å². The van der Waals surface area contributed by atoms with E-state index in [1.165, 1.54) is 0 Å². The summed E-state index contributed by atoms with van der Waals surface area (Å²) in [7, 11) is 0. The summed E-state index contributed by atoms with van der Waals surface area (Å²) in [5.74, 6) is 1.35. The number of para-hydroxylation sites is 2. The molecule has 0 atom stereocenters. The molecule has 0 heterocycles. The molecule has 144 valence electrons. The minimum Gasteiger partial charge on any atom is -0.493 e. The first kappa shape index (κ1) is 20.8. The van der Waals surface area contributed by atoms with Crippen molar-refractivity contribution in [2.24, 2.45) is 0 Å². The summed E-state index contributed by atoms with van der Waals surface area (Å²) in [5, 5.41) is 3.11. The molecule has 0 radical (unpaired) electrons. The minimum absolute atomic E-state index is 0.129. The number of amides is 1. The Morgan fingerprint density at radius 3 is 2.22 bits per heavy atom. The van der Waals surface area contributed by atoms with Crippen LogP contribution in [0.5, 0.6) is 5.75 Å². The van der Waals surface area contributed by atoms with E-state index in [1.54, 1.807) is 6.08 Å². The number of carbonyl (C=O) groups is 1. The Hall–Kier alpha value is -2.55. The van der Waals surface area contributed by atoms with Gasteiger partial charge in [0.25, 0.3) is 0 Å². The largest absolute Gasteiger partial charge is 0.493 e. The van der Waals surface area contributed by atoms with Crippen molar-refractivity contribution in [3.63, 3.8) is 0 Å². The molecular formula is C24H31NO2. The van der Waals surface area contributed by atoms with Crippen LogP contribution in [0.1, 0.15) is 69.6 Å². The van der Waals surface area contributed by atoms with E-state index in [9.17, 15) is 4.79 Å². The number of rotatable bonds is 8. The lowest BCUT2D eigenvalue weighted by atomic mass is 9.92. The van der Waals surface area contributed by atoms with Crippen molar-refractivity contribution in [2.45, 2.75) is 52.9 Å². The van der Waals surface area contributed by atoms with Crippen molar-refractivity contribution < 1.29 is 9.53 Å². The molecule has 1 amide bonds. The standard InChI is InChI=1S/C24H31NO2/c1-6-16-27-22-13-8-7-10-19(22)14-15-23(26)25-24-20(17(2)3)11-9-12-21(24)18(4)5/h7-15,17-18H,6,16H2,1-5H3,(H,25,26). The molecule has 2 rings (SSSR count). The van der Waals surface area contributed by atoms with E-state index in [4.69, 9.17) is 4.74 Å². The van der Waals surface area contributed by atoms with Crippen LogP contribution < -0.4 is 10.1 Å². The Labute approximate surface area is 163 Å². The lowest BCUT2D eigenvalue weighted by Gasteiger charge is -2.19. The van der Waals surface area contributed by atoms with Crippen LogP contribution in [0.15, 0.2) is 48.5 Å². The quantitative estimate of drug-likeness (QED) is 0.552. The van der Waals surface area contributed by atoms with Crippen LogP contribution >= 0.6 is 0 Å². The molecule has 0 fully saturated rings. The summed E-state index contributed by atoms with van der Waals surface area (Å²) >= 11 is 0. The molecule has 0 aliphatic carbocycles. The van der Waals surface area contributed by atoms with Crippen molar-refractivity contribution in [1.29, 1.82) is 0 Å². The average molecular weight is 366 g/mol. The highest BCUT2D eigenvalue weighted by atomic mass is 16.5. The smallest absolute Gasteiger partial charge is 0.248 e. The van der Waals surface area contributed by atoms with Crippen molar-refractivity contribution in [3.8, 4) is 5.75 Å². The van der Waals surface area contributed by atoms with Gasteiger partial charge in [-0.05, 0) is 41.5 Å². The molecule has 0 aliphatic heterocycles. The van der Waals surface area contributed by atoms with Crippen LogP contribution in [0, 0.1) is 0 Å². The highest BCUT2D eigenvalue weighted by molar-refractivity contribution is 6.03. The van der Waals surface area contributed by atoms with Crippen LogP contribution in [0.2, 0.25) is 0 Å². The van der Waals surface area contributed by atoms with Gasteiger partial charge in [0.1, 0.15) is 5.75 Å². The molecule has 0 saturated heterocycles. The number of carbonyl (C=O) groups excluding carboxylic acids is 1. The molecule has 3 heteroatoms. The van der Waals surface area contributed by atoms with Crippen molar-refractivity contribution in [1.82, 2.24) is 0 Å². The fraction of sp³-hybridized carbons (Fsp3) is 0.375. The molecule has 0 spiro atoms. The Morgan fingerprint density at radius 1 is 1.00 bits per heavy atom. The van der Waals surface area contributed by atoms with E-state index in [1.807, 2.05) is 30.3 Å². The average Bonchev–Trinajstić information content (AvgIpc) is 2.65. The van der Waals surface area contributed by atoms with E-state index in [2.05, 4.69) is 58.1 Å². The maximum Gasteiger partial charge on any atom is 0.248 e. The van der Waals surface area contributed by atoms with Gasteiger partial charge in [0.05, 0.1) is 6.61 Å². The topological polar surface area (TPSA) is 38.3 Å². The zero-order chi connectivity index (χ0) is 19.8. The Bertz CT molecular complexity index is 764. The summed E-state index contributed by atoms with van der Waals surface area (Å²) in [6.45, 7) is 11.3. The second kappa shape index (κ2) is 9.96. The van der Waals surface area contributed by atoms with Crippen molar-refractivity contribution >= 4 is 17.7 Å². The first-order valence-electron chi connectivity index (χ1n) is 9.77. The minimum atomic E-state index is -0.129. The number of anilines is 1. The van der Waals surface area contributed by atoms with Gasteiger partial charge in [-0.25, -0.2) is 0 Å². The number of ether oxygens (including phenoxy) is 1. The van der Waals surface area contributed by atoms with Gasteiger partial charge < -0.3 is 10.1 Å². The van der Waals surface area contributed by atoms with Gasteiger partial charge in [-0.15, -0.1) is 0 Å². The Balaban J connectivity index is 2.23. The summed E-state index contributed by atoms with van der Waals surface area (Å²) in [5.41, 5.74) is 4.17. The first-order valence-corrected chi connectivity index (χ1v) is 9.77. The van der Waals surface area contributed by atoms with Gasteiger partial charge in [0.2, 0.25) is 5.91 Å². The molecule has 1 N–H and O–H groups in total. The van der Waals surface area contributed by atoms with Crippen LogP contribution in [0.3, 0.4) is 0 Å². The molecule has 0 saturated carbocycles. The number of benzene rings is 2. The zero-order valence-corrected chi connectivity index (χ0v) is 17.1. The van der Waals surface area contributed by atoms with Crippen LogP contribution in [-0.4, -0.2) is 12.5 Å². The third-order valence-corrected chi connectivity index (χ3v) is 4.42. The van der Waals surface area contributed by atoms with Gasteiger partial charge in [0, 0.05) is 17.3 Å². The maximum absolute atomic E-state index is 12.6. The van der Waals surface area contributed by atoms with E-state index in [0.29, 0.717) is 18.4 Å². The van der Waals surface area contributed by atoms with E-state index in [-0.39, 0.29) is 5.91 Å². The molecule has 2 aromatic carbocycles. The fourth-order valence-electron chi connectivity index (χ4n) is 2.99. The Morgan fingerprint density at radius 2 is 1.63 bits per heavy atom. The summed E-state index contributed by atoms with van der Waals surface area (Å²) in [6, 6.07) is 14.0. The van der Waals surface area contributed by atoms with E-state index in [0.717, 1.165) is 34.5 Å². The second-order valence-corrected chi connectivity index (χ2v) is 7.33. The monoisotopic (exact) mass is 365 g/mol. The molecule has 2 aromatic rings. The second-order valence-electron chi connectivity index (χ2n) is 7.33. The molecule has 0 unspecified atom stereocenters. The lowest BCUT2D eigenvalue weighted by molar-refractivity contribution is -0.111. The van der Waals surface area contributed by atoms with Crippen molar-refractivity contribution in [2.75, 3.05) is 11.9 Å². The maximum atomic E-state index is 12.6. The molecule has 0 aromatic heterocycles. The molecule has 0 aliphatic rings. The van der Waals surface area contributed by atoms with Crippen LogP contribution in [-0.2, 0) is 4.79 Å². The molecule has 0 bridgehead atoms. The Kier molecular flexibility index (Phi) is 7.66. The van der Waals surface area contributed by atoms with E-state index < -0.39 is 0 Å². The number of nitrogens with one attached hydrogen (secondary N) is 1. The van der Waals surface area contributed by atoms with E-state index >= 15 is 0 Å². The van der Waals surface area contributed by atoms with Gasteiger partial charge in [-0.1, -0.05) is 71.0 Å². The predicted octanol–water partition coefficient (Wildman–Crippen LogP) is 6.37. The summed E-state index contributed by atoms with van der Waals surface area (Å²) in [6.07, 6.45) is 4.34. The molecule has 3 nitrogen and oxygen atoms in total. The normalized spacial score (nSPS) is 11.4. The predicted molar refractivity (Wildman–Crippen MR) is 115 cm³/mol. The highest BCUT2D eigenvalue weighted by Crippen LogP contribution is 2.32. The van der Waals surface area contributed by atoms with Crippen LogP contribution in [0.4, 0.5) is 5.69 Å². The molecular weight excluding hydrogens is 334 g/mol. The van der Waals surface area contributed by atoms with Gasteiger partial charge >= 0.3 is 0 Å². The SMILES string of the molecule is CCCOc1ccccc1C=CC(=O)Nc1c(C(C)C)cccc1C(C)C. The molecule has 27 heavy (non-hydrogen) atoms. The summed E-state index contributed by atoms with van der Waals surface area (Å²) in [4.78, 5) is 12.6. The third kappa shape index (κ3) is 5.72. The van der Waals surface area contributed by atoms with Crippen molar-refractivity contribution in [3.05, 3.63) is 65.2 Å². The lowest BCUT2D eigenvalue weighted by Crippen LogP contribution is -2.13. The third-order valence-electron chi connectivity index (χ3n) is 4.42. The van der Waals surface area contributed by atoms with Gasteiger partial charge in [-0.2, -0.15) is 0 Å². The first-order chi connectivity index (χ1) is 12.9. The highest BCUT2D eigenvalue weighted by Gasteiger charge is 2.15. The van der Waals surface area contributed by atoms with Crippen LogP contribution in [0.25, 0.3) is 6.08 Å². The zero-order valence-electron chi connectivity index (χ0n) is 17.1. The van der Waals surface area contributed by atoms with Gasteiger partial charge in [-0.3, -0.25) is 4.79 Å². The summed E-state index contributed by atoms with van der Waals surface area (Å²) < 4.78 is 5.76.